The topological polar surface area (TPSA) is 103 Å². The maximum absolute atomic E-state index is 13.4. The normalized spacial score (nSPS) is 14.6. The molecule has 0 fully saturated rings. The summed E-state index contributed by atoms with van der Waals surface area (Å²) < 4.78 is 81.1. The van der Waals surface area contributed by atoms with Crippen molar-refractivity contribution in [3.63, 3.8) is 0 Å². The second-order valence-corrected chi connectivity index (χ2v) is 9.08. The van der Waals surface area contributed by atoms with Gasteiger partial charge in [0.15, 0.2) is 16.4 Å². The van der Waals surface area contributed by atoms with Gasteiger partial charge >= 0.3 is 0 Å². The second kappa shape index (κ2) is 6.73. The highest BCUT2D eigenvalue weighted by molar-refractivity contribution is 7.91. The minimum absolute atomic E-state index is 0.0378. The average Bonchev–Trinajstić information content (AvgIpc) is 3.24. The Hall–Kier alpha value is -3.08. The van der Waals surface area contributed by atoms with Crippen LogP contribution in [0.3, 0.4) is 0 Å². The Morgan fingerprint density at radius 2 is 2.13 bits per heavy atom. The van der Waals surface area contributed by atoms with E-state index in [2.05, 4.69) is 20.3 Å². The number of halogens is 2. The van der Waals surface area contributed by atoms with Gasteiger partial charge in [0, 0.05) is 36.1 Å². The minimum Gasteiger partial charge on any atom is -0.487 e. The van der Waals surface area contributed by atoms with Gasteiger partial charge in [-0.05, 0) is 25.1 Å². The second-order valence-electron chi connectivity index (χ2n) is 7.10. The predicted octanol–water partition coefficient (Wildman–Crippen LogP) is 3.26. The van der Waals surface area contributed by atoms with Crippen LogP contribution in [0.2, 0.25) is 0 Å². The van der Waals surface area contributed by atoms with E-state index in [1.165, 1.54) is 30.1 Å². The Balaban J connectivity index is 1.98. The molecule has 1 N–H and O–H groups in total. The molecule has 158 valence electrons. The maximum atomic E-state index is 13.4. The number of aryl methyl sites for hydroxylation is 2. The number of hydrogen-bond acceptors (Lipinski definition) is 6. The zero-order chi connectivity index (χ0) is 24.3. The first-order valence-corrected chi connectivity index (χ1v) is 10.6. The van der Waals surface area contributed by atoms with Gasteiger partial charge in [-0.2, -0.15) is 0 Å². The van der Waals surface area contributed by atoms with Crippen molar-refractivity contribution in [1.82, 2.24) is 25.0 Å². The predicted molar refractivity (Wildman–Crippen MR) is 108 cm³/mol. The van der Waals surface area contributed by atoms with Crippen molar-refractivity contribution < 1.29 is 26.0 Å². The van der Waals surface area contributed by atoms with Crippen molar-refractivity contribution in [3.8, 4) is 17.0 Å². The molecule has 8 nitrogen and oxygen atoms in total. The number of aromatic nitrogens is 5. The SMILES string of the molecule is [2H]C([2H])([2H])c1nnn(C)c1-c1cnc2c(c1)[nH]c1c(S(C)(=O)=O)ccc(OCC(C)(F)F)c12. The first-order chi connectivity index (χ1) is 15.2. The summed E-state index contributed by atoms with van der Waals surface area (Å²) in [5.41, 5.74) is 1.15. The molecular formula is C19H19F2N5O3S. The number of ether oxygens (including phenoxy) is 1. The van der Waals surface area contributed by atoms with Crippen LogP contribution in [0.25, 0.3) is 33.2 Å². The number of nitrogens with zero attached hydrogens (tertiary/aromatic N) is 4. The number of nitrogens with one attached hydrogen (secondary N) is 1. The van der Waals surface area contributed by atoms with Crippen LogP contribution in [0.5, 0.6) is 5.75 Å². The molecule has 0 bridgehead atoms. The first kappa shape index (κ1) is 16.7. The van der Waals surface area contributed by atoms with E-state index in [-0.39, 0.29) is 38.5 Å². The Morgan fingerprint density at radius 3 is 2.80 bits per heavy atom. The molecule has 0 unspecified atom stereocenters. The van der Waals surface area contributed by atoms with E-state index in [1.54, 1.807) is 6.07 Å². The molecule has 3 heterocycles. The third-order valence-corrected chi connectivity index (χ3v) is 5.63. The van der Waals surface area contributed by atoms with Gasteiger partial charge in [0.1, 0.15) is 5.75 Å². The Labute approximate surface area is 175 Å². The van der Waals surface area contributed by atoms with Crippen molar-refractivity contribution in [2.75, 3.05) is 12.9 Å². The van der Waals surface area contributed by atoms with E-state index in [4.69, 9.17) is 8.85 Å². The molecule has 30 heavy (non-hydrogen) atoms. The highest BCUT2D eigenvalue weighted by Crippen LogP contribution is 2.37. The van der Waals surface area contributed by atoms with Crippen LogP contribution in [-0.4, -0.2) is 52.2 Å². The van der Waals surface area contributed by atoms with Crippen LogP contribution in [0.15, 0.2) is 29.3 Å². The third-order valence-electron chi connectivity index (χ3n) is 4.49. The number of fused-ring (bicyclic) bond motifs is 3. The summed E-state index contributed by atoms with van der Waals surface area (Å²) >= 11 is 0. The molecule has 0 radical (unpaired) electrons. The highest BCUT2D eigenvalue weighted by atomic mass is 32.2. The molecule has 0 spiro atoms. The molecule has 1 aromatic carbocycles. The smallest absolute Gasteiger partial charge is 0.278 e. The summed E-state index contributed by atoms with van der Waals surface area (Å²) in [5, 5.41) is 7.75. The molecule has 0 aliphatic rings. The van der Waals surface area contributed by atoms with Crippen LogP contribution < -0.4 is 4.74 Å². The summed E-state index contributed by atoms with van der Waals surface area (Å²) in [6.07, 6.45) is 2.41. The number of hydrogen-bond donors (Lipinski definition) is 1. The van der Waals surface area contributed by atoms with E-state index in [1.807, 2.05) is 0 Å². The van der Waals surface area contributed by atoms with Crippen LogP contribution in [0.4, 0.5) is 8.78 Å². The Kier molecular flexibility index (Phi) is 3.74. The van der Waals surface area contributed by atoms with E-state index in [0.29, 0.717) is 18.0 Å². The summed E-state index contributed by atoms with van der Waals surface area (Å²) in [4.78, 5) is 7.29. The lowest BCUT2D eigenvalue weighted by Crippen LogP contribution is -2.21. The molecule has 4 rings (SSSR count). The number of alkyl halides is 2. The van der Waals surface area contributed by atoms with Crippen LogP contribution >= 0.6 is 0 Å². The molecule has 0 amide bonds. The Morgan fingerprint density at radius 1 is 1.37 bits per heavy atom. The number of aromatic amines is 1. The fourth-order valence-corrected chi connectivity index (χ4v) is 4.10. The lowest BCUT2D eigenvalue weighted by molar-refractivity contribution is -0.0225. The van der Waals surface area contributed by atoms with Gasteiger partial charge in [-0.1, -0.05) is 5.21 Å². The molecule has 0 saturated carbocycles. The number of pyridine rings is 1. The average molecular weight is 438 g/mol. The molecule has 3 aromatic heterocycles. The van der Waals surface area contributed by atoms with Crippen molar-refractivity contribution in [3.05, 3.63) is 30.1 Å². The minimum atomic E-state index is -3.68. The van der Waals surface area contributed by atoms with E-state index >= 15 is 0 Å². The molecular weight excluding hydrogens is 416 g/mol. The summed E-state index contributed by atoms with van der Waals surface area (Å²) in [6.45, 7) is -2.72. The van der Waals surface area contributed by atoms with Crippen LogP contribution in [0, 0.1) is 6.85 Å². The maximum Gasteiger partial charge on any atom is 0.278 e. The molecule has 0 atom stereocenters. The number of benzene rings is 1. The van der Waals surface area contributed by atoms with Gasteiger partial charge in [-0.15, -0.1) is 5.10 Å². The quantitative estimate of drug-likeness (QED) is 0.513. The summed E-state index contributed by atoms with van der Waals surface area (Å²) in [6, 6.07) is 4.15. The monoisotopic (exact) mass is 438 g/mol. The lowest BCUT2D eigenvalue weighted by Gasteiger charge is -2.13. The van der Waals surface area contributed by atoms with Crippen molar-refractivity contribution in [2.24, 2.45) is 7.05 Å². The van der Waals surface area contributed by atoms with E-state index < -0.39 is 29.2 Å². The van der Waals surface area contributed by atoms with Gasteiger partial charge in [0.25, 0.3) is 5.92 Å². The van der Waals surface area contributed by atoms with Gasteiger partial charge in [0.2, 0.25) is 0 Å². The fourth-order valence-electron chi connectivity index (χ4n) is 3.26. The molecule has 0 saturated heterocycles. The molecule has 4 aromatic rings. The van der Waals surface area contributed by atoms with E-state index in [0.717, 1.165) is 6.26 Å². The van der Waals surface area contributed by atoms with Crippen LogP contribution in [-0.2, 0) is 16.9 Å². The van der Waals surface area contributed by atoms with Crippen molar-refractivity contribution in [2.45, 2.75) is 24.6 Å². The lowest BCUT2D eigenvalue weighted by atomic mass is 10.1. The summed E-state index contributed by atoms with van der Waals surface area (Å²) in [5.74, 6) is -3.07. The van der Waals surface area contributed by atoms with Crippen LogP contribution in [0.1, 0.15) is 16.7 Å². The van der Waals surface area contributed by atoms with Gasteiger partial charge < -0.3 is 9.72 Å². The van der Waals surface area contributed by atoms with Gasteiger partial charge in [0.05, 0.1) is 38.2 Å². The van der Waals surface area contributed by atoms with Gasteiger partial charge in [-0.3, -0.25) is 4.98 Å². The van der Waals surface area contributed by atoms with Crippen molar-refractivity contribution in [1.29, 1.82) is 0 Å². The molecule has 0 aliphatic carbocycles. The first-order valence-electron chi connectivity index (χ1n) is 10.2. The third kappa shape index (κ3) is 3.49. The zero-order valence-corrected chi connectivity index (χ0v) is 17.0. The summed E-state index contributed by atoms with van der Waals surface area (Å²) in [7, 11) is -2.15. The molecule has 0 aliphatic heterocycles. The standard InChI is InChI=1S/C19H19F2N5O3S/c1-10-18(26(3)25-24-10)11-7-12-16(22-8-11)15-13(29-9-19(2,20)21)5-6-14(17(15)23-12)30(4,27)28/h5-8,23H,9H2,1-4H3/i1D3. The number of sulfone groups is 1. The zero-order valence-electron chi connectivity index (χ0n) is 19.2. The van der Waals surface area contributed by atoms with E-state index in [9.17, 15) is 17.2 Å². The number of H-pyrrole nitrogens is 1. The number of rotatable bonds is 5. The highest BCUT2D eigenvalue weighted by Gasteiger charge is 2.25. The largest absolute Gasteiger partial charge is 0.487 e. The Bertz CT molecular complexity index is 1490. The molecule has 11 heteroatoms. The fraction of sp³-hybridized carbons (Fsp3) is 0.316. The van der Waals surface area contributed by atoms with Gasteiger partial charge in [-0.25, -0.2) is 21.9 Å². The van der Waals surface area contributed by atoms with Crippen molar-refractivity contribution >= 4 is 31.8 Å².